The van der Waals surface area contributed by atoms with E-state index < -0.39 is 0 Å². The van der Waals surface area contributed by atoms with Crippen molar-refractivity contribution in [2.75, 3.05) is 19.7 Å². The predicted molar refractivity (Wildman–Crippen MR) is 87.1 cm³/mol. The van der Waals surface area contributed by atoms with Crippen LogP contribution < -0.4 is 10.6 Å². The summed E-state index contributed by atoms with van der Waals surface area (Å²) >= 11 is 0. The molecule has 2 amide bonds. The van der Waals surface area contributed by atoms with Crippen molar-refractivity contribution in [3.63, 3.8) is 0 Å². The van der Waals surface area contributed by atoms with E-state index >= 15 is 0 Å². The number of nitrogens with zero attached hydrogens (tertiary/aromatic N) is 1. The zero-order valence-corrected chi connectivity index (χ0v) is 13.4. The maximum Gasteiger partial charge on any atom is 0.268 e. The Balaban J connectivity index is 1.63. The van der Waals surface area contributed by atoms with Crippen molar-refractivity contribution >= 4 is 17.9 Å². The molecule has 3 rings (SSSR count). The number of hydrogen-bond acceptors (Lipinski definition) is 3. The molecule has 0 spiro atoms. The van der Waals surface area contributed by atoms with E-state index in [1.54, 1.807) is 0 Å². The highest BCUT2D eigenvalue weighted by Crippen LogP contribution is 2.22. The third kappa shape index (κ3) is 3.64. The van der Waals surface area contributed by atoms with Gasteiger partial charge in [0.05, 0.1) is 12.1 Å². The van der Waals surface area contributed by atoms with Crippen LogP contribution >= 0.6 is 0 Å². The molecule has 23 heavy (non-hydrogen) atoms. The van der Waals surface area contributed by atoms with Gasteiger partial charge in [-0.25, -0.2) is 0 Å². The fraction of sp³-hybridized carbons (Fsp3) is 0.529. The Hall–Kier alpha value is -2.08. The Morgan fingerprint density at radius 2 is 2.43 bits per heavy atom. The maximum absolute atomic E-state index is 12.2. The average molecular weight is 317 g/mol. The average Bonchev–Trinajstić information content (AvgIpc) is 3.18. The predicted octanol–water partition coefficient (Wildman–Crippen LogP) is 1.49. The number of ether oxygens (including phenoxy) is 1. The van der Waals surface area contributed by atoms with Gasteiger partial charge in [0.2, 0.25) is 5.91 Å². The van der Waals surface area contributed by atoms with Crippen LogP contribution in [-0.2, 0) is 9.53 Å². The minimum atomic E-state index is -0.0863. The number of rotatable bonds is 5. The SMILES string of the molecule is C/C=C/c1cc2n(c1)C(CC(=O)NCC1CCCO1)CNC2=O. The standard InChI is InChI=1S/C17H23N3O3/c1-2-4-12-7-15-17(22)19-9-13(20(15)11-12)8-16(21)18-10-14-5-3-6-23-14/h2,4,7,11,13-14H,3,5-6,8-10H2,1H3,(H,18,21)(H,19,22)/b4-2+. The fourth-order valence-electron chi connectivity index (χ4n) is 3.16. The highest BCUT2D eigenvalue weighted by molar-refractivity contribution is 5.94. The number of nitrogens with one attached hydrogen (secondary N) is 2. The quantitative estimate of drug-likeness (QED) is 0.864. The Morgan fingerprint density at radius 1 is 1.57 bits per heavy atom. The van der Waals surface area contributed by atoms with Crippen molar-refractivity contribution in [3.8, 4) is 0 Å². The summed E-state index contributed by atoms with van der Waals surface area (Å²) in [5.41, 5.74) is 1.59. The van der Waals surface area contributed by atoms with Gasteiger partial charge in [0.1, 0.15) is 5.69 Å². The Kier molecular flexibility index (Phi) is 4.81. The van der Waals surface area contributed by atoms with Crippen LogP contribution in [0.4, 0.5) is 0 Å². The van der Waals surface area contributed by atoms with E-state index in [0.717, 1.165) is 25.0 Å². The Morgan fingerprint density at radius 3 is 3.17 bits per heavy atom. The number of carbonyl (C=O) groups is 2. The van der Waals surface area contributed by atoms with Crippen LogP contribution in [0.25, 0.3) is 6.08 Å². The van der Waals surface area contributed by atoms with Crippen LogP contribution in [0.2, 0.25) is 0 Å². The van der Waals surface area contributed by atoms with Crippen LogP contribution in [0, 0.1) is 0 Å². The number of fused-ring (bicyclic) bond motifs is 1. The summed E-state index contributed by atoms with van der Waals surface area (Å²) in [7, 11) is 0. The highest BCUT2D eigenvalue weighted by atomic mass is 16.5. The van der Waals surface area contributed by atoms with E-state index in [1.807, 2.05) is 35.9 Å². The monoisotopic (exact) mass is 317 g/mol. The molecule has 6 nitrogen and oxygen atoms in total. The molecule has 2 aliphatic rings. The van der Waals surface area contributed by atoms with E-state index in [2.05, 4.69) is 10.6 Å². The topological polar surface area (TPSA) is 72.4 Å². The van der Waals surface area contributed by atoms with E-state index in [0.29, 0.717) is 25.2 Å². The van der Waals surface area contributed by atoms with E-state index in [4.69, 9.17) is 4.74 Å². The summed E-state index contributed by atoms with van der Waals surface area (Å²) in [5.74, 6) is -0.0920. The van der Waals surface area contributed by atoms with Gasteiger partial charge in [-0.3, -0.25) is 9.59 Å². The largest absolute Gasteiger partial charge is 0.376 e. The molecule has 2 unspecified atom stereocenters. The molecule has 0 bridgehead atoms. The molecular weight excluding hydrogens is 294 g/mol. The van der Waals surface area contributed by atoms with Gasteiger partial charge >= 0.3 is 0 Å². The number of aromatic nitrogens is 1. The second-order valence-electron chi connectivity index (χ2n) is 6.07. The van der Waals surface area contributed by atoms with Crippen molar-refractivity contribution in [2.24, 2.45) is 0 Å². The van der Waals surface area contributed by atoms with Gasteiger partial charge in [-0.15, -0.1) is 0 Å². The lowest BCUT2D eigenvalue weighted by Gasteiger charge is -2.26. The molecule has 1 fully saturated rings. The lowest BCUT2D eigenvalue weighted by molar-refractivity contribution is -0.122. The highest BCUT2D eigenvalue weighted by Gasteiger charge is 2.27. The van der Waals surface area contributed by atoms with Gasteiger partial charge in [-0.1, -0.05) is 12.2 Å². The second kappa shape index (κ2) is 7.00. The first-order chi connectivity index (χ1) is 11.2. The Labute approximate surface area is 135 Å². The van der Waals surface area contributed by atoms with Crippen LogP contribution in [0.1, 0.15) is 48.3 Å². The van der Waals surface area contributed by atoms with Crippen molar-refractivity contribution in [2.45, 2.75) is 38.3 Å². The molecule has 1 saturated heterocycles. The van der Waals surface area contributed by atoms with E-state index in [-0.39, 0.29) is 24.0 Å². The summed E-state index contributed by atoms with van der Waals surface area (Å²) in [5, 5.41) is 5.80. The van der Waals surface area contributed by atoms with Gasteiger partial charge in [-0.05, 0) is 31.4 Å². The fourth-order valence-corrected chi connectivity index (χ4v) is 3.16. The molecule has 1 aromatic rings. The van der Waals surface area contributed by atoms with E-state index in [1.165, 1.54) is 0 Å². The molecule has 0 saturated carbocycles. The number of carbonyl (C=O) groups excluding carboxylic acids is 2. The normalized spacial score (nSPS) is 23.8. The number of hydrogen-bond donors (Lipinski definition) is 2. The van der Waals surface area contributed by atoms with Crippen LogP contribution in [0.5, 0.6) is 0 Å². The summed E-state index contributed by atoms with van der Waals surface area (Å²) in [4.78, 5) is 24.1. The first-order valence-electron chi connectivity index (χ1n) is 8.18. The van der Waals surface area contributed by atoms with Gasteiger partial charge < -0.3 is 19.9 Å². The van der Waals surface area contributed by atoms with Gasteiger partial charge in [0.15, 0.2) is 0 Å². The summed E-state index contributed by atoms with van der Waals surface area (Å²) in [6.07, 6.45) is 8.39. The Bertz CT molecular complexity index is 615. The van der Waals surface area contributed by atoms with Crippen LogP contribution in [0.15, 0.2) is 18.3 Å². The lowest BCUT2D eigenvalue weighted by Crippen LogP contribution is -2.41. The van der Waals surface area contributed by atoms with Crippen LogP contribution in [0.3, 0.4) is 0 Å². The van der Waals surface area contributed by atoms with Gasteiger partial charge in [0, 0.05) is 32.3 Å². The molecule has 2 atom stereocenters. The first-order valence-corrected chi connectivity index (χ1v) is 8.18. The number of amides is 2. The number of allylic oxidation sites excluding steroid dienone is 1. The van der Waals surface area contributed by atoms with Gasteiger partial charge in [-0.2, -0.15) is 0 Å². The summed E-state index contributed by atoms with van der Waals surface area (Å²) in [6, 6.07) is 1.80. The maximum atomic E-state index is 12.2. The van der Waals surface area contributed by atoms with Crippen molar-refractivity contribution in [3.05, 3.63) is 29.6 Å². The molecule has 0 aromatic carbocycles. The minimum Gasteiger partial charge on any atom is -0.376 e. The molecule has 6 heteroatoms. The minimum absolute atomic E-state index is 0.00566. The van der Waals surface area contributed by atoms with E-state index in [9.17, 15) is 9.59 Å². The zero-order valence-electron chi connectivity index (χ0n) is 13.4. The smallest absolute Gasteiger partial charge is 0.268 e. The third-order valence-corrected chi connectivity index (χ3v) is 4.33. The van der Waals surface area contributed by atoms with Crippen molar-refractivity contribution in [1.82, 2.24) is 15.2 Å². The van der Waals surface area contributed by atoms with Crippen molar-refractivity contribution < 1.29 is 14.3 Å². The lowest BCUT2D eigenvalue weighted by atomic mass is 10.1. The molecule has 3 heterocycles. The van der Waals surface area contributed by atoms with Gasteiger partial charge in [0.25, 0.3) is 5.91 Å². The zero-order chi connectivity index (χ0) is 16.2. The second-order valence-corrected chi connectivity index (χ2v) is 6.07. The first kappa shape index (κ1) is 15.8. The molecule has 2 N–H and O–H groups in total. The molecule has 124 valence electrons. The molecule has 0 aliphatic carbocycles. The molecule has 0 radical (unpaired) electrons. The summed E-state index contributed by atoms with van der Waals surface area (Å²) < 4.78 is 7.43. The third-order valence-electron chi connectivity index (χ3n) is 4.33. The van der Waals surface area contributed by atoms with Crippen LogP contribution in [-0.4, -0.2) is 42.2 Å². The summed E-state index contributed by atoms with van der Waals surface area (Å²) in [6.45, 7) is 3.77. The molecular formula is C17H23N3O3. The van der Waals surface area contributed by atoms with Crippen molar-refractivity contribution in [1.29, 1.82) is 0 Å². The molecule has 2 aliphatic heterocycles. The molecule has 1 aromatic heterocycles.